The molecular formula is C23H31FN2O3. The number of rotatable bonds is 7. The van der Waals surface area contributed by atoms with Crippen molar-refractivity contribution in [3.8, 4) is 0 Å². The summed E-state index contributed by atoms with van der Waals surface area (Å²) in [5.41, 5.74) is -1.29. The van der Waals surface area contributed by atoms with Gasteiger partial charge in [-0.1, -0.05) is 50.8 Å². The standard InChI is InChI=1S/C23H31FN2O3/c1-3-4-14-25(2)20(27)15-23(18-12-8-9-13-19(18)24)16-21(28)26(22(23)29)17-10-6-5-7-11-17/h8-9,12-13,17H,3-7,10-11,14-16H2,1-2H3. The Kier molecular flexibility index (Phi) is 6.70. The van der Waals surface area contributed by atoms with Gasteiger partial charge in [0, 0.05) is 38.0 Å². The predicted molar refractivity (Wildman–Crippen MR) is 109 cm³/mol. The van der Waals surface area contributed by atoms with Gasteiger partial charge in [0.15, 0.2) is 0 Å². The van der Waals surface area contributed by atoms with Crippen LogP contribution in [0.15, 0.2) is 24.3 Å². The Hall–Kier alpha value is -2.24. The maximum atomic E-state index is 14.8. The normalized spacial score (nSPS) is 22.9. The van der Waals surface area contributed by atoms with Gasteiger partial charge in [0.1, 0.15) is 5.82 Å². The highest BCUT2D eigenvalue weighted by molar-refractivity contribution is 6.11. The molecule has 1 saturated heterocycles. The highest BCUT2D eigenvalue weighted by atomic mass is 19.1. The third kappa shape index (κ3) is 4.21. The molecule has 3 rings (SSSR count). The zero-order valence-electron chi connectivity index (χ0n) is 17.5. The zero-order valence-corrected chi connectivity index (χ0v) is 17.5. The van der Waals surface area contributed by atoms with Gasteiger partial charge >= 0.3 is 0 Å². The fraction of sp³-hybridized carbons (Fsp3) is 0.609. The number of unbranched alkanes of at least 4 members (excludes halogenated alkanes) is 1. The molecule has 6 heteroatoms. The molecule has 29 heavy (non-hydrogen) atoms. The molecule has 3 amide bonds. The summed E-state index contributed by atoms with van der Waals surface area (Å²) < 4.78 is 14.8. The third-order valence-electron chi connectivity index (χ3n) is 6.40. The van der Waals surface area contributed by atoms with E-state index >= 15 is 0 Å². The number of halogens is 1. The van der Waals surface area contributed by atoms with Gasteiger partial charge in [-0.15, -0.1) is 0 Å². The monoisotopic (exact) mass is 402 g/mol. The first-order valence-corrected chi connectivity index (χ1v) is 10.8. The first-order valence-electron chi connectivity index (χ1n) is 10.8. The van der Waals surface area contributed by atoms with Crippen molar-refractivity contribution in [1.29, 1.82) is 0 Å². The van der Waals surface area contributed by atoms with Crippen molar-refractivity contribution in [2.45, 2.75) is 76.2 Å². The van der Waals surface area contributed by atoms with Gasteiger partial charge in [0.25, 0.3) is 0 Å². The molecule has 1 unspecified atom stereocenters. The molecule has 0 radical (unpaired) electrons. The maximum Gasteiger partial charge on any atom is 0.241 e. The highest BCUT2D eigenvalue weighted by Gasteiger charge is 2.56. The Labute approximate surface area is 172 Å². The molecule has 0 aromatic heterocycles. The smallest absolute Gasteiger partial charge is 0.241 e. The number of carbonyl (C=O) groups is 3. The van der Waals surface area contributed by atoms with Crippen LogP contribution in [0.25, 0.3) is 0 Å². The molecule has 0 spiro atoms. The minimum absolute atomic E-state index is 0.134. The van der Waals surface area contributed by atoms with E-state index in [4.69, 9.17) is 0 Å². The molecule has 1 aliphatic heterocycles. The van der Waals surface area contributed by atoms with E-state index in [-0.39, 0.29) is 36.3 Å². The molecular weight excluding hydrogens is 371 g/mol. The van der Waals surface area contributed by atoms with Crippen molar-refractivity contribution >= 4 is 17.7 Å². The summed E-state index contributed by atoms with van der Waals surface area (Å²) in [6.07, 6.45) is 6.12. The highest BCUT2D eigenvalue weighted by Crippen LogP contribution is 2.43. The second-order valence-corrected chi connectivity index (χ2v) is 8.45. The second kappa shape index (κ2) is 9.06. The van der Waals surface area contributed by atoms with Crippen LogP contribution >= 0.6 is 0 Å². The van der Waals surface area contributed by atoms with Crippen molar-refractivity contribution in [1.82, 2.24) is 9.80 Å². The first kappa shape index (κ1) is 21.5. The third-order valence-corrected chi connectivity index (χ3v) is 6.40. The SMILES string of the molecule is CCCCN(C)C(=O)CC1(c2ccccc2F)CC(=O)N(C2CCCCC2)C1=O. The first-order chi connectivity index (χ1) is 13.9. The molecule has 1 aromatic carbocycles. The summed E-state index contributed by atoms with van der Waals surface area (Å²) in [5.74, 6) is -1.46. The van der Waals surface area contributed by atoms with Crippen molar-refractivity contribution in [2.75, 3.05) is 13.6 Å². The molecule has 2 fully saturated rings. The van der Waals surface area contributed by atoms with E-state index in [1.54, 1.807) is 30.1 Å². The van der Waals surface area contributed by atoms with Crippen LogP contribution in [0.4, 0.5) is 4.39 Å². The molecule has 1 aliphatic carbocycles. The minimum Gasteiger partial charge on any atom is -0.346 e. The van der Waals surface area contributed by atoms with E-state index in [0.29, 0.717) is 6.54 Å². The number of imide groups is 1. The molecule has 2 aliphatic rings. The number of carbonyl (C=O) groups excluding carboxylic acids is 3. The zero-order chi connectivity index (χ0) is 21.0. The van der Waals surface area contributed by atoms with Crippen LogP contribution in [0.5, 0.6) is 0 Å². The van der Waals surface area contributed by atoms with E-state index in [1.807, 2.05) is 6.92 Å². The molecule has 0 N–H and O–H groups in total. The summed E-state index contributed by atoms with van der Waals surface area (Å²) in [6.45, 7) is 2.62. The van der Waals surface area contributed by atoms with Crippen LogP contribution in [0, 0.1) is 5.82 Å². The summed E-state index contributed by atoms with van der Waals surface area (Å²) in [7, 11) is 1.70. The Morgan fingerprint density at radius 3 is 2.55 bits per heavy atom. The van der Waals surface area contributed by atoms with Crippen LogP contribution in [-0.4, -0.2) is 47.2 Å². The number of hydrogen-bond acceptors (Lipinski definition) is 3. The average molecular weight is 403 g/mol. The lowest BCUT2D eigenvalue weighted by molar-refractivity contribution is -0.145. The van der Waals surface area contributed by atoms with E-state index in [2.05, 4.69) is 0 Å². The molecule has 158 valence electrons. The largest absolute Gasteiger partial charge is 0.346 e. The lowest BCUT2D eigenvalue weighted by Crippen LogP contribution is -2.47. The van der Waals surface area contributed by atoms with Crippen LogP contribution in [0.1, 0.15) is 70.3 Å². The summed E-state index contributed by atoms with van der Waals surface area (Å²) in [6, 6.07) is 5.92. The lowest BCUT2D eigenvalue weighted by Gasteiger charge is -2.33. The Bertz CT molecular complexity index is 775. The Morgan fingerprint density at radius 2 is 1.90 bits per heavy atom. The average Bonchev–Trinajstić information content (AvgIpc) is 2.97. The summed E-state index contributed by atoms with van der Waals surface area (Å²) in [5, 5.41) is 0. The van der Waals surface area contributed by atoms with Crippen molar-refractivity contribution in [3.05, 3.63) is 35.6 Å². The van der Waals surface area contributed by atoms with Crippen molar-refractivity contribution < 1.29 is 18.8 Å². The van der Waals surface area contributed by atoms with Gasteiger partial charge in [-0.2, -0.15) is 0 Å². The number of nitrogens with zero attached hydrogens (tertiary/aromatic N) is 2. The quantitative estimate of drug-likeness (QED) is 0.652. The second-order valence-electron chi connectivity index (χ2n) is 8.45. The van der Waals surface area contributed by atoms with Crippen LogP contribution in [-0.2, 0) is 19.8 Å². The van der Waals surface area contributed by atoms with Gasteiger partial charge < -0.3 is 4.90 Å². The minimum atomic E-state index is -1.45. The van der Waals surface area contributed by atoms with Gasteiger partial charge in [0.2, 0.25) is 17.7 Å². The van der Waals surface area contributed by atoms with Crippen molar-refractivity contribution in [2.24, 2.45) is 0 Å². The molecule has 5 nitrogen and oxygen atoms in total. The van der Waals surface area contributed by atoms with Gasteiger partial charge in [-0.25, -0.2) is 4.39 Å². The predicted octanol–water partition coefficient (Wildman–Crippen LogP) is 3.80. The fourth-order valence-electron chi connectivity index (χ4n) is 4.68. The van der Waals surface area contributed by atoms with E-state index in [9.17, 15) is 18.8 Å². The fourth-order valence-corrected chi connectivity index (χ4v) is 4.68. The summed E-state index contributed by atoms with van der Waals surface area (Å²) in [4.78, 5) is 42.5. The molecule has 1 atom stereocenters. The number of hydrogen-bond donors (Lipinski definition) is 0. The molecule has 1 aromatic rings. The maximum absolute atomic E-state index is 14.8. The van der Waals surface area contributed by atoms with E-state index in [1.165, 1.54) is 11.0 Å². The molecule has 1 heterocycles. The number of benzene rings is 1. The van der Waals surface area contributed by atoms with Gasteiger partial charge in [-0.3, -0.25) is 19.3 Å². The van der Waals surface area contributed by atoms with E-state index in [0.717, 1.165) is 44.9 Å². The number of likely N-dealkylation sites (tertiary alicyclic amines) is 1. The Balaban J connectivity index is 1.96. The van der Waals surface area contributed by atoms with Crippen molar-refractivity contribution in [3.63, 3.8) is 0 Å². The summed E-state index contributed by atoms with van der Waals surface area (Å²) >= 11 is 0. The number of amides is 3. The van der Waals surface area contributed by atoms with Gasteiger partial charge in [-0.05, 0) is 25.3 Å². The van der Waals surface area contributed by atoms with E-state index < -0.39 is 17.1 Å². The Morgan fingerprint density at radius 1 is 1.21 bits per heavy atom. The van der Waals surface area contributed by atoms with Crippen LogP contribution < -0.4 is 0 Å². The topological polar surface area (TPSA) is 57.7 Å². The van der Waals surface area contributed by atoms with Crippen LogP contribution in [0.3, 0.4) is 0 Å². The van der Waals surface area contributed by atoms with Gasteiger partial charge in [0.05, 0.1) is 5.41 Å². The van der Waals surface area contributed by atoms with Crippen LogP contribution in [0.2, 0.25) is 0 Å². The lowest BCUT2D eigenvalue weighted by atomic mass is 9.75. The molecule has 0 bridgehead atoms. The molecule has 1 saturated carbocycles.